The maximum atomic E-state index is 12.3. The number of nitrogens with one attached hydrogen (secondary N) is 1. The molecule has 0 bridgehead atoms. The third-order valence-corrected chi connectivity index (χ3v) is 4.71. The van der Waals surface area contributed by atoms with Gasteiger partial charge in [-0.25, -0.2) is 4.98 Å². The Balaban J connectivity index is 1.53. The number of carbonyl (C=O) groups is 1. The van der Waals surface area contributed by atoms with Crippen molar-refractivity contribution in [1.82, 2.24) is 9.38 Å². The minimum absolute atomic E-state index is 0.220. The molecule has 5 heteroatoms. The monoisotopic (exact) mass is 387 g/mol. The molecule has 0 saturated heterocycles. The van der Waals surface area contributed by atoms with Crippen molar-refractivity contribution >= 4 is 34.9 Å². The number of rotatable bonds is 4. The van der Waals surface area contributed by atoms with Crippen molar-refractivity contribution in [3.8, 4) is 11.3 Å². The van der Waals surface area contributed by atoms with E-state index in [9.17, 15) is 4.79 Å². The highest BCUT2D eigenvalue weighted by molar-refractivity contribution is 6.32. The minimum atomic E-state index is -0.220. The number of nitrogens with zero attached hydrogens (tertiary/aromatic N) is 2. The first kappa shape index (κ1) is 18.0. The third-order valence-electron chi connectivity index (χ3n) is 4.36. The summed E-state index contributed by atoms with van der Waals surface area (Å²) in [5.74, 6) is -0.220. The Kier molecular flexibility index (Phi) is 4.96. The highest BCUT2D eigenvalue weighted by Gasteiger charge is 2.06. The number of aryl methyl sites for hydroxylation is 1. The average Bonchev–Trinajstić information content (AvgIpc) is 3.11. The molecular formula is C23H18ClN3O. The van der Waals surface area contributed by atoms with Crippen LogP contribution in [0, 0.1) is 6.92 Å². The van der Waals surface area contributed by atoms with Crippen LogP contribution in [0.15, 0.2) is 79.1 Å². The number of halogens is 1. The first-order chi connectivity index (χ1) is 13.6. The SMILES string of the molecule is Cc1ccn2cc(-c3cccc(NC(=O)/C=C/c4ccccc4Cl)c3)nc2c1. The molecule has 0 fully saturated rings. The van der Waals surface area contributed by atoms with Crippen LogP contribution in [0.5, 0.6) is 0 Å². The highest BCUT2D eigenvalue weighted by Crippen LogP contribution is 2.23. The van der Waals surface area contributed by atoms with Gasteiger partial charge < -0.3 is 9.72 Å². The van der Waals surface area contributed by atoms with E-state index in [0.29, 0.717) is 10.7 Å². The summed E-state index contributed by atoms with van der Waals surface area (Å²) < 4.78 is 1.99. The molecule has 4 nitrogen and oxygen atoms in total. The molecule has 138 valence electrons. The number of imidazole rings is 1. The Hall–Kier alpha value is -3.37. The van der Waals surface area contributed by atoms with Gasteiger partial charge in [-0.2, -0.15) is 0 Å². The van der Waals surface area contributed by atoms with E-state index in [1.807, 2.05) is 78.3 Å². The van der Waals surface area contributed by atoms with Crippen molar-refractivity contribution in [3.63, 3.8) is 0 Å². The minimum Gasteiger partial charge on any atom is -0.322 e. The third kappa shape index (κ3) is 3.97. The molecule has 1 N–H and O–H groups in total. The maximum absolute atomic E-state index is 12.3. The molecule has 0 saturated carbocycles. The van der Waals surface area contributed by atoms with Crippen LogP contribution in [0.1, 0.15) is 11.1 Å². The molecule has 2 aromatic carbocycles. The lowest BCUT2D eigenvalue weighted by Crippen LogP contribution is -2.07. The summed E-state index contributed by atoms with van der Waals surface area (Å²) in [5, 5.41) is 3.49. The lowest BCUT2D eigenvalue weighted by molar-refractivity contribution is -0.111. The summed E-state index contributed by atoms with van der Waals surface area (Å²) in [6.07, 6.45) is 7.15. The fourth-order valence-corrected chi connectivity index (χ4v) is 3.14. The second-order valence-electron chi connectivity index (χ2n) is 6.52. The smallest absolute Gasteiger partial charge is 0.248 e. The molecule has 0 atom stereocenters. The summed E-state index contributed by atoms with van der Waals surface area (Å²) in [5.41, 5.74) is 5.36. The lowest BCUT2D eigenvalue weighted by atomic mass is 10.1. The second-order valence-corrected chi connectivity index (χ2v) is 6.93. The van der Waals surface area contributed by atoms with Crippen molar-refractivity contribution in [3.05, 3.63) is 95.3 Å². The first-order valence-corrected chi connectivity index (χ1v) is 9.26. The maximum Gasteiger partial charge on any atom is 0.248 e. The molecule has 1 amide bonds. The Labute approximate surface area is 168 Å². The molecular weight excluding hydrogens is 370 g/mol. The molecule has 0 radical (unpaired) electrons. The van der Waals surface area contributed by atoms with Crippen molar-refractivity contribution in [2.24, 2.45) is 0 Å². The Morgan fingerprint density at radius 2 is 1.96 bits per heavy atom. The van der Waals surface area contributed by atoms with Gasteiger partial charge >= 0.3 is 0 Å². The van der Waals surface area contributed by atoms with Gasteiger partial charge in [-0.3, -0.25) is 4.79 Å². The fraction of sp³-hybridized carbons (Fsp3) is 0.0435. The molecule has 4 rings (SSSR count). The molecule has 2 heterocycles. The van der Waals surface area contributed by atoms with Gasteiger partial charge in [0.15, 0.2) is 0 Å². The molecule has 0 aliphatic heterocycles. The van der Waals surface area contributed by atoms with Gasteiger partial charge in [0, 0.05) is 34.7 Å². The van der Waals surface area contributed by atoms with Crippen molar-refractivity contribution in [2.75, 3.05) is 5.32 Å². The van der Waals surface area contributed by atoms with E-state index < -0.39 is 0 Å². The summed E-state index contributed by atoms with van der Waals surface area (Å²) in [6.45, 7) is 2.04. The van der Waals surface area contributed by atoms with E-state index in [2.05, 4.69) is 10.3 Å². The van der Waals surface area contributed by atoms with E-state index in [0.717, 1.165) is 28.0 Å². The van der Waals surface area contributed by atoms with E-state index in [-0.39, 0.29) is 5.91 Å². The lowest BCUT2D eigenvalue weighted by Gasteiger charge is -2.04. The van der Waals surface area contributed by atoms with E-state index in [1.54, 1.807) is 12.1 Å². The summed E-state index contributed by atoms with van der Waals surface area (Å²) in [6, 6.07) is 19.1. The van der Waals surface area contributed by atoms with Gasteiger partial charge in [-0.05, 0) is 54.5 Å². The van der Waals surface area contributed by atoms with Crippen LogP contribution in [-0.2, 0) is 4.79 Å². The van der Waals surface area contributed by atoms with Crippen LogP contribution in [0.25, 0.3) is 23.0 Å². The number of pyridine rings is 1. The molecule has 2 aromatic heterocycles. The van der Waals surface area contributed by atoms with E-state index >= 15 is 0 Å². The summed E-state index contributed by atoms with van der Waals surface area (Å²) in [7, 11) is 0. The highest BCUT2D eigenvalue weighted by atomic mass is 35.5. The van der Waals surface area contributed by atoms with Crippen LogP contribution < -0.4 is 5.32 Å². The standard InChI is InChI=1S/C23H18ClN3O/c1-16-11-12-27-15-21(26-22(27)13-16)18-6-4-7-19(14-18)25-23(28)10-9-17-5-2-3-8-20(17)24/h2-15H,1H3,(H,25,28)/b10-9+. The molecule has 28 heavy (non-hydrogen) atoms. The van der Waals surface area contributed by atoms with Crippen LogP contribution in [0.3, 0.4) is 0 Å². The number of amides is 1. The number of hydrogen-bond acceptors (Lipinski definition) is 2. The van der Waals surface area contributed by atoms with Gasteiger partial charge in [0.1, 0.15) is 5.65 Å². The Morgan fingerprint density at radius 3 is 2.82 bits per heavy atom. The largest absolute Gasteiger partial charge is 0.322 e. The van der Waals surface area contributed by atoms with Crippen LogP contribution in [0.2, 0.25) is 5.02 Å². The quantitative estimate of drug-likeness (QED) is 0.462. The van der Waals surface area contributed by atoms with Crippen molar-refractivity contribution in [1.29, 1.82) is 0 Å². The molecule has 0 spiro atoms. The molecule has 0 unspecified atom stereocenters. The predicted molar refractivity (Wildman–Crippen MR) is 114 cm³/mol. The average molecular weight is 388 g/mol. The van der Waals surface area contributed by atoms with E-state index in [1.165, 1.54) is 6.08 Å². The first-order valence-electron chi connectivity index (χ1n) is 8.88. The van der Waals surface area contributed by atoms with Gasteiger partial charge in [-0.15, -0.1) is 0 Å². The van der Waals surface area contributed by atoms with Gasteiger partial charge in [0.25, 0.3) is 0 Å². The summed E-state index contributed by atoms with van der Waals surface area (Å²) in [4.78, 5) is 16.9. The van der Waals surface area contributed by atoms with E-state index in [4.69, 9.17) is 11.6 Å². The van der Waals surface area contributed by atoms with Gasteiger partial charge in [-0.1, -0.05) is 41.9 Å². The zero-order valence-corrected chi connectivity index (χ0v) is 16.0. The molecule has 4 aromatic rings. The van der Waals surface area contributed by atoms with Crippen LogP contribution in [-0.4, -0.2) is 15.3 Å². The van der Waals surface area contributed by atoms with Crippen LogP contribution in [0.4, 0.5) is 5.69 Å². The fourth-order valence-electron chi connectivity index (χ4n) is 2.94. The number of anilines is 1. The number of fused-ring (bicyclic) bond motifs is 1. The Bertz CT molecular complexity index is 1190. The zero-order chi connectivity index (χ0) is 19.5. The normalized spacial score (nSPS) is 11.2. The topological polar surface area (TPSA) is 46.4 Å². The second kappa shape index (κ2) is 7.71. The number of aromatic nitrogens is 2. The molecule has 0 aliphatic carbocycles. The van der Waals surface area contributed by atoms with Gasteiger partial charge in [0.05, 0.1) is 5.69 Å². The number of carbonyl (C=O) groups excluding carboxylic acids is 1. The van der Waals surface area contributed by atoms with Gasteiger partial charge in [0.2, 0.25) is 5.91 Å². The zero-order valence-electron chi connectivity index (χ0n) is 15.3. The number of benzene rings is 2. The van der Waals surface area contributed by atoms with Crippen molar-refractivity contribution in [2.45, 2.75) is 6.92 Å². The summed E-state index contributed by atoms with van der Waals surface area (Å²) >= 11 is 6.11. The predicted octanol–water partition coefficient (Wildman–Crippen LogP) is 5.62. The molecule has 0 aliphatic rings. The van der Waals surface area contributed by atoms with Crippen LogP contribution >= 0.6 is 11.6 Å². The van der Waals surface area contributed by atoms with Crippen molar-refractivity contribution < 1.29 is 4.79 Å². The number of hydrogen-bond donors (Lipinski definition) is 1. The Morgan fingerprint density at radius 1 is 1.11 bits per heavy atom.